The summed E-state index contributed by atoms with van der Waals surface area (Å²) in [5.41, 5.74) is 2.66. The summed E-state index contributed by atoms with van der Waals surface area (Å²) >= 11 is 0. The Morgan fingerprint density at radius 3 is 2.52 bits per heavy atom. The van der Waals surface area contributed by atoms with Crippen LogP contribution in [0.2, 0.25) is 0 Å². The van der Waals surface area contributed by atoms with Crippen LogP contribution in [-0.4, -0.2) is 17.8 Å². The highest BCUT2D eigenvalue weighted by atomic mass is 32.2. The number of nitrogens with two attached hydrogens (primary N) is 1. The van der Waals surface area contributed by atoms with Gasteiger partial charge in [0.15, 0.2) is 5.65 Å². The van der Waals surface area contributed by atoms with Crippen LogP contribution in [0.25, 0.3) is 22.9 Å². The molecule has 0 unspecified atom stereocenters. The molecule has 0 aliphatic rings. The Balaban J connectivity index is 1.90. The first-order valence-corrected chi connectivity index (χ1v) is 10.1. The van der Waals surface area contributed by atoms with Crippen LogP contribution in [0, 0.1) is 18.3 Å². The number of pyridine rings is 1. The second kappa shape index (κ2) is 6.70. The fourth-order valence-electron chi connectivity index (χ4n) is 3.18. The fourth-order valence-corrected chi connectivity index (χ4v) is 3.70. The maximum absolute atomic E-state index is 13.1. The molecule has 0 radical (unpaired) electrons. The number of anilines is 1. The number of sulfonamides is 1. The number of nitrogens with one attached hydrogen (secondary N) is 1. The van der Waals surface area contributed by atoms with E-state index >= 15 is 0 Å². The number of imidazole rings is 1. The van der Waals surface area contributed by atoms with E-state index in [1.54, 1.807) is 25.1 Å². The molecule has 2 heterocycles. The number of fused-ring (bicyclic) bond motifs is 3. The normalized spacial score (nSPS) is 12.4. The van der Waals surface area contributed by atoms with Crippen LogP contribution in [0.15, 0.2) is 58.2 Å². The van der Waals surface area contributed by atoms with Gasteiger partial charge in [0.2, 0.25) is 10.0 Å². The summed E-state index contributed by atoms with van der Waals surface area (Å²) in [6.45, 7) is 1.69. The SMILES string of the molecule is Cc1c(C#N)c2nc3ccccc3n2c(=O)/c1=C\Nc1ccc(S(N)(=O)=O)cc1. The van der Waals surface area contributed by atoms with Crippen LogP contribution in [0.1, 0.15) is 11.1 Å². The van der Waals surface area contributed by atoms with Gasteiger partial charge in [-0.25, -0.2) is 18.5 Å². The molecule has 2 aromatic carbocycles. The van der Waals surface area contributed by atoms with Gasteiger partial charge in [-0.3, -0.25) is 9.20 Å². The molecule has 0 spiro atoms. The third-order valence-corrected chi connectivity index (χ3v) is 5.60. The van der Waals surface area contributed by atoms with Crippen molar-refractivity contribution in [3.63, 3.8) is 0 Å². The van der Waals surface area contributed by atoms with Crippen LogP contribution in [0.5, 0.6) is 0 Å². The lowest BCUT2D eigenvalue weighted by Gasteiger charge is -2.05. The number of para-hydroxylation sites is 2. The molecule has 144 valence electrons. The van der Waals surface area contributed by atoms with Gasteiger partial charge < -0.3 is 5.32 Å². The van der Waals surface area contributed by atoms with Crippen molar-refractivity contribution in [1.82, 2.24) is 9.38 Å². The van der Waals surface area contributed by atoms with Gasteiger partial charge in [0.25, 0.3) is 5.56 Å². The first-order valence-electron chi connectivity index (χ1n) is 8.54. The Bertz CT molecular complexity index is 1530. The minimum Gasteiger partial charge on any atom is -0.361 e. The van der Waals surface area contributed by atoms with Gasteiger partial charge in [-0.05, 0) is 48.9 Å². The first kappa shape index (κ1) is 18.6. The maximum atomic E-state index is 13.1. The summed E-state index contributed by atoms with van der Waals surface area (Å²) in [6.07, 6.45) is 1.50. The van der Waals surface area contributed by atoms with Gasteiger partial charge in [-0.15, -0.1) is 0 Å². The van der Waals surface area contributed by atoms with Crippen molar-refractivity contribution >= 4 is 38.6 Å². The quantitative estimate of drug-likeness (QED) is 0.527. The average molecular weight is 405 g/mol. The zero-order valence-electron chi connectivity index (χ0n) is 15.2. The van der Waals surface area contributed by atoms with Crippen molar-refractivity contribution in [3.05, 3.63) is 75.2 Å². The van der Waals surface area contributed by atoms with Gasteiger partial charge in [-0.1, -0.05) is 12.1 Å². The molecule has 0 bridgehead atoms. The topological polar surface area (TPSA) is 130 Å². The van der Waals surface area contributed by atoms with Gasteiger partial charge in [0.1, 0.15) is 6.07 Å². The molecule has 29 heavy (non-hydrogen) atoms. The summed E-state index contributed by atoms with van der Waals surface area (Å²) in [5, 5.41) is 18.0. The van der Waals surface area contributed by atoms with E-state index < -0.39 is 10.0 Å². The van der Waals surface area contributed by atoms with Crippen LogP contribution in [-0.2, 0) is 10.0 Å². The van der Waals surface area contributed by atoms with E-state index in [1.807, 2.05) is 6.07 Å². The van der Waals surface area contributed by atoms with Crippen LogP contribution >= 0.6 is 0 Å². The van der Waals surface area contributed by atoms with E-state index in [1.165, 1.54) is 34.9 Å². The number of rotatable bonds is 3. The van der Waals surface area contributed by atoms with Crippen molar-refractivity contribution < 1.29 is 8.42 Å². The average Bonchev–Trinajstić information content (AvgIpc) is 3.07. The molecule has 4 aromatic rings. The molecule has 0 atom stereocenters. The van der Waals surface area contributed by atoms with E-state index in [0.717, 1.165) is 0 Å². The smallest absolute Gasteiger partial charge is 0.265 e. The summed E-state index contributed by atoms with van der Waals surface area (Å²) in [7, 11) is -3.78. The van der Waals surface area contributed by atoms with Crippen LogP contribution < -0.4 is 21.2 Å². The number of nitriles is 1. The number of hydrogen-bond acceptors (Lipinski definition) is 6. The maximum Gasteiger partial charge on any atom is 0.265 e. The molecule has 0 aliphatic heterocycles. The zero-order chi connectivity index (χ0) is 20.8. The lowest BCUT2D eigenvalue weighted by atomic mass is 10.1. The molecular weight excluding hydrogens is 390 g/mol. The highest BCUT2D eigenvalue weighted by molar-refractivity contribution is 7.89. The van der Waals surface area contributed by atoms with E-state index in [0.29, 0.717) is 38.7 Å². The highest BCUT2D eigenvalue weighted by Crippen LogP contribution is 2.18. The van der Waals surface area contributed by atoms with Crippen molar-refractivity contribution in [1.29, 1.82) is 5.26 Å². The molecular formula is C20H15N5O3S. The minimum atomic E-state index is -3.78. The van der Waals surface area contributed by atoms with Crippen molar-refractivity contribution in [3.8, 4) is 6.07 Å². The Morgan fingerprint density at radius 1 is 1.17 bits per heavy atom. The second-order valence-corrected chi connectivity index (χ2v) is 8.01. The molecule has 8 nitrogen and oxygen atoms in total. The summed E-state index contributed by atoms with van der Waals surface area (Å²) < 4.78 is 24.1. The zero-order valence-corrected chi connectivity index (χ0v) is 16.1. The number of nitrogens with zero attached hydrogens (tertiary/aromatic N) is 3. The molecule has 0 amide bonds. The standard InChI is InChI=1S/C20H15N5O3S/c1-12-15(10-21)19-24-17-4-2-3-5-18(17)25(19)20(26)16(12)11-23-13-6-8-14(9-7-13)29(22,27)28/h2-9,11,23H,1H3,(H2,22,27,28)/b16-11-. The third-order valence-electron chi connectivity index (χ3n) is 4.67. The van der Waals surface area contributed by atoms with Gasteiger partial charge in [0.05, 0.1) is 26.7 Å². The second-order valence-electron chi connectivity index (χ2n) is 6.45. The third kappa shape index (κ3) is 3.10. The number of primary sulfonamides is 1. The first-order chi connectivity index (χ1) is 13.8. The van der Waals surface area contributed by atoms with Crippen molar-refractivity contribution in [2.24, 2.45) is 5.14 Å². The molecule has 4 rings (SSSR count). The Kier molecular flexibility index (Phi) is 4.30. The predicted octanol–water partition coefficient (Wildman–Crippen LogP) is 1.24. The van der Waals surface area contributed by atoms with E-state index in [2.05, 4.69) is 16.4 Å². The molecule has 0 saturated carbocycles. The summed E-state index contributed by atoms with van der Waals surface area (Å²) in [4.78, 5) is 17.6. The molecule has 0 aliphatic carbocycles. The van der Waals surface area contributed by atoms with Gasteiger partial charge >= 0.3 is 0 Å². The van der Waals surface area contributed by atoms with E-state index in [9.17, 15) is 18.5 Å². The lowest BCUT2D eigenvalue weighted by Crippen LogP contribution is -2.34. The summed E-state index contributed by atoms with van der Waals surface area (Å²) in [5.74, 6) is 0. The largest absolute Gasteiger partial charge is 0.361 e. The van der Waals surface area contributed by atoms with Gasteiger partial charge in [-0.2, -0.15) is 5.26 Å². The molecule has 0 fully saturated rings. The Hall–Kier alpha value is -3.74. The monoisotopic (exact) mass is 405 g/mol. The van der Waals surface area contributed by atoms with E-state index in [4.69, 9.17) is 5.14 Å². The van der Waals surface area contributed by atoms with Crippen LogP contribution in [0.4, 0.5) is 5.69 Å². The Labute approximate surface area is 165 Å². The molecule has 9 heteroatoms. The van der Waals surface area contributed by atoms with Crippen LogP contribution in [0.3, 0.4) is 0 Å². The Morgan fingerprint density at radius 2 is 1.86 bits per heavy atom. The predicted molar refractivity (Wildman–Crippen MR) is 110 cm³/mol. The molecule has 2 aromatic heterocycles. The van der Waals surface area contributed by atoms with Crippen molar-refractivity contribution in [2.75, 3.05) is 5.32 Å². The van der Waals surface area contributed by atoms with Crippen molar-refractivity contribution in [2.45, 2.75) is 11.8 Å². The number of hydrogen-bond donors (Lipinski definition) is 2. The van der Waals surface area contributed by atoms with Gasteiger partial charge in [0, 0.05) is 11.9 Å². The lowest BCUT2D eigenvalue weighted by molar-refractivity contribution is 0.598. The number of benzene rings is 2. The molecule has 0 saturated heterocycles. The van der Waals surface area contributed by atoms with E-state index in [-0.39, 0.29) is 10.5 Å². The highest BCUT2D eigenvalue weighted by Gasteiger charge is 2.16. The number of aromatic nitrogens is 2. The fraction of sp³-hybridized carbons (Fsp3) is 0.0500. The molecule has 3 N–H and O–H groups in total. The minimum absolute atomic E-state index is 0.0122. The summed E-state index contributed by atoms with van der Waals surface area (Å²) in [6, 6.07) is 15.1.